The van der Waals surface area contributed by atoms with Crippen LogP contribution in [-0.4, -0.2) is 39.7 Å². The van der Waals surface area contributed by atoms with E-state index >= 15 is 0 Å². The van der Waals surface area contributed by atoms with Crippen molar-refractivity contribution < 1.29 is 4.42 Å². The van der Waals surface area contributed by atoms with Crippen LogP contribution in [0.3, 0.4) is 0 Å². The number of hydrogen-bond donors (Lipinski definition) is 0. The summed E-state index contributed by atoms with van der Waals surface area (Å²) in [5.74, 6) is 1.70. The molecule has 2 aromatic rings. The summed E-state index contributed by atoms with van der Waals surface area (Å²) in [4.78, 5) is 6.49. The Morgan fingerprint density at radius 3 is 2.71 bits per heavy atom. The first kappa shape index (κ1) is 14.2. The molecular weight excluding hydrogens is 264 g/mol. The van der Waals surface area contributed by atoms with Crippen LogP contribution in [0.4, 0.5) is 0 Å². The third kappa shape index (κ3) is 3.47. The van der Waals surface area contributed by atoms with Gasteiger partial charge in [-0.15, -0.1) is 10.2 Å². The molecule has 1 aliphatic rings. The van der Waals surface area contributed by atoms with E-state index in [-0.39, 0.29) is 0 Å². The largest absolute Gasteiger partial charge is 0.420 e. The Hall–Kier alpha value is -1.75. The number of nitrogens with zero attached hydrogens (tertiary/aromatic N) is 4. The lowest BCUT2D eigenvalue weighted by Crippen LogP contribution is -2.30. The van der Waals surface area contributed by atoms with Gasteiger partial charge in [-0.2, -0.15) is 0 Å². The molecule has 1 atom stereocenters. The van der Waals surface area contributed by atoms with Crippen molar-refractivity contribution in [2.75, 3.05) is 19.6 Å². The maximum Gasteiger partial charge on any atom is 0.247 e. The van der Waals surface area contributed by atoms with Gasteiger partial charge >= 0.3 is 0 Å². The average molecular weight is 286 g/mol. The smallest absolute Gasteiger partial charge is 0.247 e. The molecule has 1 fully saturated rings. The van der Waals surface area contributed by atoms with Crippen molar-refractivity contribution in [3.8, 4) is 11.5 Å². The molecule has 2 aromatic heterocycles. The van der Waals surface area contributed by atoms with E-state index in [9.17, 15) is 0 Å². The molecule has 1 saturated heterocycles. The van der Waals surface area contributed by atoms with Crippen LogP contribution >= 0.6 is 0 Å². The van der Waals surface area contributed by atoms with Gasteiger partial charge in [-0.05, 0) is 30.5 Å². The minimum absolute atomic E-state index is 0.325. The Morgan fingerprint density at radius 2 is 2.00 bits per heavy atom. The Bertz CT molecular complexity index is 588. The summed E-state index contributed by atoms with van der Waals surface area (Å²) in [6, 6.07) is 3.77. The molecule has 0 spiro atoms. The van der Waals surface area contributed by atoms with Crippen LogP contribution in [0, 0.1) is 5.41 Å². The summed E-state index contributed by atoms with van der Waals surface area (Å²) in [5.41, 5.74) is 1.25. The van der Waals surface area contributed by atoms with Crippen molar-refractivity contribution >= 4 is 0 Å². The first-order valence-corrected chi connectivity index (χ1v) is 7.47. The number of pyridine rings is 1. The first-order chi connectivity index (χ1) is 10.0. The van der Waals surface area contributed by atoms with Crippen molar-refractivity contribution in [2.24, 2.45) is 5.41 Å². The molecule has 1 aliphatic heterocycles. The highest BCUT2D eigenvalue weighted by atomic mass is 16.4. The average Bonchev–Trinajstić information content (AvgIpc) is 3.06. The number of hydrogen-bond acceptors (Lipinski definition) is 5. The van der Waals surface area contributed by atoms with Crippen molar-refractivity contribution in [1.82, 2.24) is 20.1 Å². The Morgan fingerprint density at radius 1 is 1.24 bits per heavy atom. The Balaban J connectivity index is 1.68. The van der Waals surface area contributed by atoms with Gasteiger partial charge < -0.3 is 9.32 Å². The van der Waals surface area contributed by atoms with Crippen molar-refractivity contribution in [3.05, 3.63) is 30.4 Å². The highest BCUT2D eigenvalue weighted by Crippen LogP contribution is 2.30. The fourth-order valence-electron chi connectivity index (χ4n) is 2.86. The molecule has 3 heterocycles. The van der Waals surface area contributed by atoms with E-state index in [0.717, 1.165) is 37.5 Å². The van der Waals surface area contributed by atoms with E-state index in [0.29, 0.717) is 17.2 Å². The molecule has 0 N–H and O–H groups in total. The van der Waals surface area contributed by atoms with Crippen LogP contribution in [0.2, 0.25) is 0 Å². The van der Waals surface area contributed by atoms with Gasteiger partial charge in [0.05, 0.1) is 5.92 Å². The highest BCUT2D eigenvalue weighted by molar-refractivity contribution is 5.50. The van der Waals surface area contributed by atoms with E-state index in [2.05, 4.69) is 40.9 Å². The van der Waals surface area contributed by atoms with Gasteiger partial charge in [-0.3, -0.25) is 4.98 Å². The standard InChI is InChI=1S/C16H22N4O/c1-16(2,3)11-20-9-6-13(10-20)15-19-18-14(21-15)12-4-7-17-8-5-12/h4-5,7-8,13H,6,9-11H2,1-3H3/t13-/m0/s1. The minimum Gasteiger partial charge on any atom is -0.420 e. The molecular formula is C16H22N4O. The fourth-order valence-corrected chi connectivity index (χ4v) is 2.86. The zero-order valence-electron chi connectivity index (χ0n) is 12.9. The predicted molar refractivity (Wildman–Crippen MR) is 80.8 cm³/mol. The zero-order valence-corrected chi connectivity index (χ0v) is 12.9. The van der Waals surface area contributed by atoms with Crippen LogP contribution in [0.5, 0.6) is 0 Å². The summed E-state index contributed by atoms with van der Waals surface area (Å²) >= 11 is 0. The van der Waals surface area contributed by atoms with Crippen LogP contribution in [-0.2, 0) is 0 Å². The molecule has 5 nitrogen and oxygen atoms in total. The second kappa shape index (κ2) is 5.56. The van der Waals surface area contributed by atoms with Gasteiger partial charge in [0, 0.05) is 31.0 Å². The number of rotatable bonds is 3. The van der Waals surface area contributed by atoms with Crippen LogP contribution in [0.15, 0.2) is 28.9 Å². The molecule has 0 bridgehead atoms. The van der Waals surface area contributed by atoms with E-state index < -0.39 is 0 Å². The van der Waals surface area contributed by atoms with E-state index in [1.807, 2.05) is 12.1 Å². The molecule has 0 aliphatic carbocycles. The lowest BCUT2D eigenvalue weighted by Gasteiger charge is -2.25. The normalized spacial score (nSPS) is 20.0. The molecule has 0 radical (unpaired) electrons. The lowest BCUT2D eigenvalue weighted by atomic mass is 9.96. The van der Waals surface area contributed by atoms with E-state index in [1.165, 1.54) is 0 Å². The van der Waals surface area contributed by atoms with Crippen LogP contribution in [0.1, 0.15) is 39.0 Å². The quantitative estimate of drug-likeness (QED) is 0.868. The third-order valence-electron chi connectivity index (χ3n) is 3.69. The fraction of sp³-hybridized carbons (Fsp3) is 0.562. The molecule has 21 heavy (non-hydrogen) atoms. The summed E-state index contributed by atoms with van der Waals surface area (Å²) in [5, 5.41) is 8.41. The molecule has 3 rings (SSSR count). The summed E-state index contributed by atoms with van der Waals surface area (Å²) in [6.07, 6.45) is 4.56. The predicted octanol–water partition coefficient (Wildman–Crippen LogP) is 2.97. The van der Waals surface area contributed by atoms with Crippen molar-refractivity contribution in [1.29, 1.82) is 0 Å². The SMILES string of the molecule is CC(C)(C)CN1CC[C@H](c2nnc(-c3ccncc3)o2)C1. The molecule has 0 amide bonds. The van der Waals surface area contributed by atoms with E-state index in [1.54, 1.807) is 12.4 Å². The second-order valence-corrected chi connectivity index (χ2v) is 6.96. The first-order valence-electron chi connectivity index (χ1n) is 7.47. The molecule has 0 unspecified atom stereocenters. The molecule has 112 valence electrons. The highest BCUT2D eigenvalue weighted by Gasteiger charge is 2.30. The Labute approximate surface area is 125 Å². The topological polar surface area (TPSA) is 55.1 Å². The van der Waals surface area contributed by atoms with Crippen molar-refractivity contribution in [2.45, 2.75) is 33.1 Å². The maximum atomic E-state index is 5.86. The zero-order chi connectivity index (χ0) is 14.9. The van der Waals surface area contributed by atoms with Gasteiger partial charge in [0.1, 0.15) is 0 Å². The number of aromatic nitrogens is 3. The summed E-state index contributed by atoms with van der Waals surface area (Å²) in [6.45, 7) is 10.0. The minimum atomic E-state index is 0.325. The van der Waals surface area contributed by atoms with Crippen LogP contribution < -0.4 is 0 Å². The number of likely N-dealkylation sites (tertiary alicyclic amines) is 1. The molecule has 0 saturated carbocycles. The van der Waals surface area contributed by atoms with E-state index in [4.69, 9.17) is 4.42 Å². The van der Waals surface area contributed by atoms with Gasteiger partial charge in [0.15, 0.2) is 0 Å². The molecule has 0 aromatic carbocycles. The van der Waals surface area contributed by atoms with Gasteiger partial charge in [-0.1, -0.05) is 20.8 Å². The van der Waals surface area contributed by atoms with Crippen LogP contribution in [0.25, 0.3) is 11.5 Å². The lowest BCUT2D eigenvalue weighted by molar-refractivity contribution is 0.223. The van der Waals surface area contributed by atoms with Gasteiger partial charge in [-0.25, -0.2) is 0 Å². The summed E-state index contributed by atoms with van der Waals surface area (Å²) < 4.78 is 5.86. The maximum absolute atomic E-state index is 5.86. The monoisotopic (exact) mass is 286 g/mol. The Kier molecular flexibility index (Phi) is 3.76. The third-order valence-corrected chi connectivity index (χ3v) is 3.69. The molecule has 5 heteroatoms. The van der Waals surface area contributed by atoms with Crippen molar-refractivity contribution in [3.63, 3.8) is 0 Å². The van der Waals surface area contributed by atoms with Gasteiger partial charge in [0.25, 0.3) is 0 Å². The van der Waals surface area contributed by atoms with Gasteiger partial charge in [0.2, 0.25) is 11.8 Å². The summed E-state index contributed by atoms with van der Waals surface area (Å²) in [7, 11) is 0. The second-order valence-electron chi connectivity index (χ2n) is 6.96.